The van der Waals surface area contributed by atoms with E-state index in [2.05, 4.69) is 10.1 Å². The minimum Gasteiger partial charge on any atom is -0.468 e. The molecule has 0 aromatic heterocycles. The number of hydrogen-bond donors (Lipinski definition) is 1. The molecule has 17 heavy (non-hydrogen) atoms. The lowest BCUT2D eigenvalue weighted by molar-refractivity contribution is -0.385. The Morgan fingerprint density at radius 1 is 1.47 bits per heavy atom. The number of nitrogens with zero attached hydrogens (tertiary/aromatic N) is 1. The van der Waals surface area contributed by atoms with Crippen molar-refractivity contribution in [2.24, 2.45) is 0 Å². The second-order valence-electron chi connectivity index (χ2n) is 3.39. The maximum absolute atomic E-state index is 10.8. The molecule has 1 aromatic carbocycles. The van der Waals surface area contributed by atoms with Crippen LogP contribution in [0.15, 0.2) is 24.3 Å². The summed E-state index contributed by atoms with van der Waals surface area (Å²) < 4.78 is 4.45. The molecule has 0 fully saturated rings. The first-order valence-corrected chi connectivity index (χ1v) is 5.15. The molecule has 92 valence electrons. The van der Waals surface area contributed by atoms with E-state index in [-0.39, 0.29) is 18.2 Å². The van der Waals surface area contributed by atoms with Crippen molar-refractivity contribution in [3.8, 4) is 0 Å². The van der Waals surface area contributed by atoms with Gasteiger partial charge >= 0.3 is 5.97 Å². The lowest BCUT2D eigenvalue weighted by Crippen LogP contribution is -2.25. The predicted octanol–water partition coefficient (Wildman–Crippen LogP) is 0.900. The Kier molecular flexibility index (Phi) is 5.09. The van der Waals surface area contributed by atoms with Gasteiger partial charge in [-0.3, -0.25) is 14.9 Å². The summed E-state index contributed by atoms with van der Waals surface area (Å²) in [5.41, 5.74) is 0.752. The van der Waals surface area contributed by atoms with E-state index in [4.69, 9.17) is 0 Å². The molecule has 0 amide bonds. The van der Waals surface area contributed by atoms with Crippen molar-refractivity contribution in [2.75, 3.05) is 20.2 Å². The van der Waals surface area contributed by atoms with Gasteiger partial charge in [0.05, 0.1) is 18.6 Å². The Balaban J connectivity index is 2.46. The number of esters is 1. The summed E-state index contributed by atoms with van der Waals surface area (Å²) in [4.78, 5) is 21.1. The quantitative estimate of drug-likeness (QED) is 0.344. The largest absolute Gasteiger partial charge is 0.468 e. The van der Waals surface area contributed by atoms with Crippen LogP contribution < -0.4 is 5.32 Å². The van der Waals surface area contributed by atoms with E-state index in [9.17, 15) is 14.9 Å². The van der Waals surface area contributed by atoms with Gasteiger partial charge in [0.15, 0.2) is 0 Å². The van der Waals surface area contributed by atoms with E-state index in [1.165, 1.54) is 13.2 Å². The highest BCUT2D eigenvalue weighted by Crippen LogP contribution is 2.17. The molecule has 0 aliphatic rings. The van der Waals surface area contributed by atoms with Crippen LogP contribution in [0.5, 0.6) is 0 Å². The number of nitro benzene ring substituents is 1. The zero-order valence-corrected chi connectivity index (χ0v) is 9.51. The summed E-state index contributed by atoms with van der Waals surface area (Å²) in [6.07, 6.45) is 0.494. The maximum Gasteiger partial charge on any atom is 0.319 e. The molecule has 0 aliphatic carbocycles. The highest BCUT2D eigenvalue weighted by Gasteiger charge is 2.11. The second-order valence-corrected chi connectivity index (χ2v) is 3.39. The molecule has 0 aliphatic heterocycles. The summed E-state index contributed by atoms with van der Waals surface area (Å²) in [5.74, 6) is -0.354. The van der Waals surface area contributed by atoms with Gasteiger partial charge in [0.25, 0.3) is 5.69 Å². The molecule has 0 spiro atoms. The van der Waals surface area contributed by atoms with Crippen LogP contribution >= 0.6 is 0 Å². The molecule has 1 aromatic rings. The highest BCUT2D eigenvalue weighted by atomic mass is 16.6. The van der Waals surface area contributed by atoms with Crippen LogP contribution in [0.2, 0.25) is 0 Å². The number of carbonyl (C=O) groups excluding carboxylic acids is 1. The zero-order valence-electron chi connectivity index (χ0n) is 9.51. The fourth-order valence-corrected chi connectivity index (χ4v) is 1.39. The minimum atomic E-state index is -0.407. The highest BCUT2D eigenvalue weighted by molar-refractivity contribution is 5.71. The van der Waals surface area contributed by atoms with Gasteiger partial charge < -0.3 is 10.1 Å². The average molecular weight is 238 g/mol. The van der Waals surface area contributed by atoms with Gasteiger partial charge in [-0.15, -0.1) is 0 Å². The molecule has 0 radical (unpaired) electrons. The van der Waals surface area contributed by atoms with Crippen LogP contribution in [0, 0.1) is 10.1 Å². The smallest absolute Gasteiger partial charge is 0.319 e. The fraction of sp³-hybridized carbons (Fsp3) is 0.364. The lowest BCUT2D eigenvalue weighted by atomic mass is 10.1. The third kappa shape index (κ3) is 4.20. The Bertz CT molecular complexity index is 406. The first kappa shape index (κ1) is 13.1. The molecular weight excluding hydrogens is 224 g/mol. The molecular formula is C11H14N2O4. The Labute approximate surface area is 98.7 Å². The van der Waals surface area contributed by atoms with Crippen LogP contribution in [-0.4, -0.2) is 31.1 Å². The van der Waals surface area contributed by atoms with Gasteiger partial charge in [0.2, 0.25) is 0 Å². The van der Waals surface area contributed by atoms with Gasteiger partial charge in [-0.05, 0) is 13.0 Å². The number of nitrogens with one attached hydrogen (secondary N) is 1. The number of methoxy groups -OCH3 is 1. The molecule has 0 saturated heterocycles. The fourth-order valence-electron chi connectivity index (χ4n) is 1.39. The molecule has 6 heteroatoms. The van der Waals surface area contributed by atoms with Crippen LogP contribution in [0.4, 0.5) is 5.69 Å². The van der Waals surface area contributed by atoms with E-state index < -0.39 is 4.92 Å². The number of rotatable bonds is 6. The van der Waals surface area contributed by atoms with Crippen molar-refractivity contribution in [3.63, 3.8) is 0 Å². The van der Waals surface area contributed by atoms with Crippen LogP contribution in [0.3, 0.4) is 0 Å². The third-order valence-electron chi connectivity index (χ3n) is 2.26. The first-order chi connectivity index (χ1) is 8.15. The topological polar surface area (TPSA) is 81.5 Å². The first-order valence-electron chi connectivity index (χ1n) is 5.15. The van der Waals surface area contributed by atoms with E-state index in [1.807, 2.05) is 0 Å². The van der Waals surface area contributed by atoms with Crippen molar-refractivity contribution < 1.29 is 14.5 Å². The van der Waals surface area contributed by atoms with E-state index in [1.54, 1.807) is 18.2 Å². The number of carbonyl (C=O) groups is 1. The molecule has 6 nitrogen and oxygen atoms in total. The van der Waals surface area contributed by atoms with Crippen molar-refractivity contribution in [1.29, 1.82) is 0 Å². The molecule has 0 atom stereocenters. The molecule has 0 bridgehead atoms. The monoisotopic (exact) mass is 238 g/mol. The van der Waals surface area contributed by atoms with Crippen LogP contribution in [0.25, 0.3) is 0 Å². The zero-order chi connectivity index (χ0) is 12.7. The van der Waals surface area contributed by atoms with Gasteiger partial charge in [0, 0.05) is 11.6 Å². The third-order valence-corrected chi connectivity index (χ3v) is 2.26. The van der Waals surface area contributed by atoms with Crippen molar-refractivity contribution in [2.45, 2.75) is 6.42 Å². The molecule has 1 N–H and O–H groups in total. The summed E-state index contributed by atoms with van der Waals surface area (Å²) >= 11 is 0. The normalized spacial score (nSPS) is 9.94. The number of benzene rings is 1. The van der Waals surface area contributed by atoms with E-state index in [0.717, 1.165) is 0 Å². The maximum atomic E-state index is 10.8. The summed E-state index contributed by atoms with van der Waals surface area (Å²) in [6, 6.07) is 6.56. The van der Waals surface area contributed by atoms with Crippen LogP contribution in [0.1, 0.15) is 5.56 Å². The van der Waals surface area contributed by atoms with E-state index in [0.29, 0.717) is 18.5 Å². The molecule has 0 unspecified atom stereocenters. The summed E-state index contributed by atoms with van der Waals surface area (Å²) in [6.45, 7) is 0.594. The SMILES string of the molecule is COC(=O)CNCCc1ccccc1[N+](=O)[O-]. The second kappa shape index (κ2) is 6.59. The minimum absolute atomic E-state index is 0.104. The number of nitro groups is 1. The molecule has 1 rings (SSSR count). The van der Waals surface area contributed by atoms with Crippen molar-refractivity contribution in [3.05, 3.63) is 39.9 Å². The number of hydrogen-bond acceptors (Lipinski definition) is 5. The Morgan fingerprint density at radius 2 is 2.18 bits per heavy atom. The molecule has 0 saturated carbocycles. The van der Waals surface area contributed by atoms with Gasteiger partial charge in [0.1, 0.15) is 0 Å². The van der Waals surface area contributed by atoms with Crippen molar-refractivity contribution >= 4 is 11.7 Å². The molecule has 0 heterocycles. The number of para-hydroxylation sites is 1. The van der Waals surface area contributed by atoms with Crippen molar-refractivity contribution in [1.82, 2.24) is 5.32 Å². The lowest BCUT2D eigenvalue weighted by Gasteiger charge is -2.04. The van der Waals surface area contributed by atoms with E-state index >= 15 is 0 Å². The average Bonchev–Trinajstić information content (AvgIpc) is 2.34. The van der Waals surface area contributed by atoms with Gasteiger partial charge in [-0.2, -0.15) is 0 Å². The number of ether oxygens (including phenoxy) is 1. The standard InChI is InChI=1S/C11H14N2O4/c1-17-11(14)8-12-7-6-9-4-2-3-5-10(9)13(15)16/h2-5,12H,6-8H2,1H3. The predicted molar refractivity (Wildman–Crippen MR) is 61.7 cm³/mol. The van der Waals surface area contributed by atoms with Gasteiger partial charge in [-0.25, -0.2) is 0 Å². The Hall–Kier alpha value is -1.95. The summed E-state index contributed by atoms with van der Waals surface area (Å²) in [7, 11) is 1.31. The van der Waals surface area contributed by atoms with Gasteiger partial charge in [-0.1, -0.05) is 18.2 Å². The Morgan fingerprint density at radius 3 is 2.82 bits per heavy atom. The van der Waals surface area contributed by atoms with Crippen LogP contribution in [-0.2, 0) is 16.0 Å². The summed E-state index contributed by atoms with van der Waals surface area (Å²) in [5, 5.41) is 13.6.